The minimum Gasteiger partial charge on any atom is -1.00 e. The molecule has 44 heavy (non-hydrogen) atoms. The van der Waals surface area contributed by atoms with Gasteiger partial charge in [0.1, 0.15) is 0 Å². The van der Waals surface area contributed by atoms with Gasteiger partial charge in [0.05, 0.1) is 0 Å². The molecule has 0 aliphatic heterocycles. The zero-order valence-electron chi connectivity index (χ0n) is 27.0. The number of benzene rings is 4. The van der Waals surface area contributed by atoms with Crippen LogP contribution in [0.1, 0.15) is 85.0 Å². The maximum atomic E-state index is 2.64. The number of rotatable bonds is 7. The second kappa shape index (κ2) is 14.2. The van der Waals surface area contributed by atoms with Crippen LogP contribution in [-0.2, 0) is 43.8 Å². The standard InChI is InChI=1S/C21H25.C14H15Si.C5H5.2ClH.Zr/c1-20(2,3)16-7-9-18-14(12-16)11-15-13-17(21(4,5)6)8-10-19(15)18;1-3-7-13(8-4-1)11-15-12-14-9-5-2-6-10-14;1-2-4-5-3-1;;;/h7-13H,1-6H3;1-10,15H,11-12H2;1-3H,4H2;2*1H;/q;;;;;+2/p-2. The fourth-order valence-corrected chi connectivity index (χ4v) is 33.0. The van der Waals surface area contributed by atoms with Gasteiger partial charge in [0.2, 0.25) is 0 Å². The summed E-state index contributed by atoms with van der Waals surface area (Å²) in [6.45, 7) is 14.2. The first-order valence-electron chi connectivity index (χ1n) is 15.7. The number of hydrogen-bond acceptors (Lipinski definition) is 0. The van der Waals surface area contributed by atoms with Gasteiger partial charge >= 0.3 is 264 Å². The average molecular weight is 716 g/mol. The van der Waals surface area contributed by atoms with Crippen molar-refractivity contribution < 1.29 is 45.7 Å². The van der Waals surface area contributed by atoms with E-state index in [4.69, 9.17) is 0 Å². The number of hydrogen-bond donors (Lipinski definition) is 0. The van der Waals surface area contributed by atoms with Crippen LogP contribution < -0.4 is 24.8 Å². The summed E-state index contributed by atoms with van der Waals surface area (Å²) in [6, 6.07) is 40.5. The largest absolute Gasteiger partial charge is 1.00 e. The van der Waals surface area contributed by atoms with Crippen molar-refractivity contribution in [1.29, 1.82) is 0 Å². The molecular weight excluding hydrogens is 671 g/mol. The molecule has 4 aromatic rings. The fraction of sp³-hybridized carbons (Fsp3) is 0.300. The van der Waals surface area contributed by atoms with Crippen LogP contribution in [0.5, 0.6) is 0 Å². The van der Waals surface area contributed by atoms with E-state index in [2.05, 4.69) is 157 Å². The van der Waals surface area contributed by atoms with E-state index in [-0.39, 0.29) is 35.6 Å². The second-order valence-electron chi connectivity index (χ2n) is 14.4. The van der Waals surface area contributed by atoms with Crippen LogP contribution in [0.4, 0.5) is 0 Å². The molecule has 0 nitrogen and oxygen atoms in total. The normalized spacial score (nSPS) is 14.0. The Hall–Kier alpha value is -1.96. The Labute approximate surface area is 287 Å². The van der Waals surface area contributed by atoms with Crippen molar-refractivity contribution in [2.45, 2.75) is 74.5 Å². The van der Waals surface area contributed by atoms with Crippen molar-refractivity contribution in [3.8, 4) is 11.1 Å². The first kappa shape index (κ1) is 34.9. The molecule has 0 aromatic heterocycles. The molecule has 227 valence electrons. The van der Waals surface area contributed by atoms with E-state index in [1.54, 1.807) is 22.3 Å². The molecule has 0 atom stereocenters. The fourth-order valence-electron chi connectivity index (χ4n) is 6.96. The zero-order chi connectivity index (χ0) is 29.5. The summed E-state index contributed by atoms with van der Waals surface area (Å²) in [6.07, 6.45) is 8.52. The predicted octanol–water partition coefficient (Wildman–Crippen LogP) is 4.11. The molecule has 0 saturated carbocycles. The molecule has 6 rings (SSSR count). The molecule has 0 amide bonds. The van der Waals surface area contributed by atoms with Crippen molar-refractivity contribution in [3.63, 3.8) is 0 Å². The summed E-state index contributed by atoms with van der Waals surface area (Å²) in [5, 5.41) is 0. The van der Waals surface area contributed by atoms with Crippen LogP contribution in [0.25, 0.3) is 11.1 Å². The smallest absolute Gasteiger partial charge is 1.00 e. The minimum atomic E-state index is -2.32. The summed E-state index contributed by atoms with van der Waals surface area (Å²) in [4.78, 5) is 0. The summed E-state index contributed by atoms with van der Waals surface area (Å²) in [5.41, 5.74) is 12.6. The van der Waals surface area contributed by atoms with Gasteiger partial charge in [-0.05, 0) is 0 Å². The number of allylic oxidation sites excluding steroid dienone is 4. The third-order valence-electron chi connectivity index (χ3n) is 9.29. The Morgan fingerprint density at radius 3 is 1.48 bits per heavy atom. The quantitative estimate of drug-likeness (QED) is 0.253. The third-order valence-corrected chi connectivity index (χ3v) is 31.6. The van der Waals surface area contributed by atoms with Gasteiger partial charge in [0.15, 0.2) is 0 Å². The first-order valence-corrected chi connectivity index (χ1v) is 24.8. The molecule has 0 fully saturated rings. The minimum absolute atomic E-state index is 0. The van der Waals surface area contributed by atoms with E-state index >= 15 is 0 Å². The van der Waals surface area contributed by atoms with Crippen molar-refractivity contribution in [3.05, 3.63) is 152 Å². The summed E-state index contributed by atoms with van der Waals surface area (Å²) >= 11 is -2.32. The van der Waals surface area contributed by atoms with E-state index < -0.39 is 26.8 Å². The topological polar surface area (TPSA) is 0 Å². The van der Waals surface area contributed by atoms with E-state index in [9.17, 15) is 0 Å². The number of halogens is 2. The summed E-state index contributed by atoms with van der Waals surface area (Å²) < 4.78 is 2.42. The molecule has 0 heterocycles. The van der Waals surface area contributed by atoms with Gasteiger partial charge in [0.25, 0.3) is 0 Å². The SMILES string of the molecule is CC(C)(C)c1ccc2c(c1)[CH]([Zr+2]([C]1=CC=CC1)[SiH](Cc1ccccc1)Cc1ccccc1)c1cc(C(C)(C)C)ccc1-2.[Cl-].[Cl-]. The van der Waals surface area contributed by atoms with Gasteiger partial charge in [-0.1, -0.05) is 0 Å². The number of fused-ring (bicyclic) bond motifs is 3. The van der Waals surface area contributed by atoms with Gasteiger partial charge < -0.3 is 24.8 Å². The van der Waals surface area contributed by atoms with Crippen LogP contribution in [-0.4, -0.2) is 5.92 Å². The molecule has 4 aromatic carbocycles. The van der Waals surface area contributed by atoms with E-state index in [1.165, 1.54) is 40.8 Å². The van der Waals surface area contributed by atoms with Crippen LogP contribution >= 0.6 is 0 Å². The van der Waals surface area contributed by atoms with Gasteiger partial charge in [-0.25, -0.2) is 0 Å². The van der Waals surface area contributed by atoms with Gasteiger partial charge in [0, 0.05) is 0 Å². The van der Waals surface area contributed by atoms with Crippen LogP contribution in [0.2, 0.25) is 0 Å². The Morgan fingerprint density at radius 1 is 0.636 bits per heavy atom. The maximum Gasteiger partial charge on any atom is -1.00 e. The van der Waals surface area contributed by atoms with Crippen molar-refractivity contribution in [2.24, 2.45) is 0 Å². The monoisotopic (exact) mass is 713 g/mol. The van der Waals surface area contributed by atoms with Gasteiger partial charge in [-0.15, -0.1) is 0 Å². The van der Waals surface area contributed by atoms with Crippen molar-refractivity contribution >= 4 is 5.92 Å². The van der Waals surface area contributed by atoms with Crippen LogP contribution in [0.15, 0.2) is 119 Å². The molecule has 0 spiro atoms. The van der Waals surface area contributed by atoms with Crippen molar-refractivity contribution in [2.75, 3.05) is 0 Å². The first-order chi connectivity index (χ1) is 20.1. The summed E-state index contributed by atoms with van der Waals surface area (Å²) in [7, 11) is 0. The van der Waals surface area contributed by atoms with E-state index in [0.717, 1.165) is 0 Å². The molecule has 4 heteroatoms. The van der Waals surface area contributed by atoms with Gasteiger partial charge in [-0.2, -0.15) is 0 Å². The van der Waals surface area contributed by atoms with E-state index in [0.29, 0.717) is 3.63 Å². The molecule has 0 unspecified atom stereocenters. The zero-order valence-corrected chi connectivity index (χ0v) is 32.1. The van der Waals surface area contributed by atoms with Crippen LogP contribution in [0, 0.1) is 0 Å². The maximum absolute atomic E-state index is 2.64. The Morgan fingerprint density at radius 2 is 1.09 bits per heavy atom. The Kier molecular flexibility index (Phi) is 11.3. The third kappa shape index (κ3) is 7.36. The van der Waals surface area contributed by atoms with Crippen LogP contribution in [0.3, 0.4) is 0 Å². The molecule has 0 bridgehead atoms. The van der Waals surface area contributed by atoms with Crippen molar-refractivity contribution in [1.82, 2.24) is 0 Å². The Balaban J connectivity index is 0.00000221. The molecule has 0 radical (unpaired) electrons. The summed E-state index contributed by atoms with van der Waals surface area (Å²) in [5.74, 6) is -1.25. The second-order valence-corrected chi connectivity index (χ2v) is 31.5. The molecule has 0 saturated heterocycles. The average Bonchev–Trinajstić information content (AvgIpc) is 3.60. The molecule has 2 aliphatic carbocycles. The van der Waals surface area contributed by atoms with E-state index in [1.807, 2.05) is 3.28 Å². The molecular formula is C40H45Cl2SiZr. The molecule has 2 aliphatic rings. The Bertz CT molecular complexity index is 1520. The molecule has 0 N–H and O–H groups in total. The van der Waals surface area contributed by atoms with Gasteiger partial charge in [-0.3, -0.25) is 0 Å². The predicted molar refractivity (Wildman–Crippen MR) is 180 cm³/mol.